The Kier molecular flexibility index (Phi) is 6.78. The molecular weight excluding hydrogens is 396 g/mol. The van der Waals surface area contributed by atoms with Gasteiger partial charge in [0.05, 0.1) is 24.7 Å². The molecule has 1 aromatic heterocycles. The van der Waals surface area contributed by atoms with E-state index in [1.54, 1.807) is 37.4 Å². The van der Waals surface area contributed by atoms with E-state index in [1.165, 1.54) is 15.3 Å². The maximum absolute atomic E-state index is 12.6. The first-order valence-corrected chi connectivity index (χ1v) is 10.8. The van der Waals surface area contributed by atoms with Crippen LogP contribution in [0.5, 0.6) is 0 Å². The summed E-state index contributed by atoms with van der Waals surface area (Å²) in [7, 11) is -1.89. The second-order valence-corrected chi connectivity index (χ2v) is 8.51. The summed E-state index contributed by atoms with van der Waals surface area (Å²) >= 11 is 0. The van der Waals surface area contributed by atoms with Crippen molar-refractivity contribution in [2.24, 2.45) is 0 Å². The number of likely N-dealkylation sites (N-methyl/N-ethyl adjacent to an activating group) is 1. The van der Waals surface area contributed by atoms with Crippen molar-refractivity contribution in [3.05, 3.63) is 47.6 Å². The first-order valence-electron chi connectivity index (χ1n) is 9.32. The number of nitrogens with zero attached hydrogens (tertiary/aromatic N) is 4. The summed E-state index contributed by atoms with van der Waals surface area (Å²) in [4.78, 5) is 18.1. The van der Waals surface area contributed by atoms with Crippen molar-refractivity contribution in [2.45, 2.75) is 24.8 Å². The largest absolute Gasteiger partial charge is 0.379 e. The highest BCUT2D eigenvalue weighted by Crippen LogP contribution is 2.18. The lowest BCUT2D eigenvalue weighted by Crippen LogP contribution is -2.40. The van der Waals surface area contributed by atoms with E-state index in [0.717, 1.165) is 5.56 Å². The molecule has 1 saturated heterocycles. The lowest BCUT2D eigenvalue weighted by molar-refractivity contribution is -0.125. The van der Waals surface area contributed by atoms with Gasteiger partial charge in [-0.15, -0.1) is 0 Å². The van der Waals surface area contributed by atoms with Gasteiger partial charge in [0.25, 0.3) is 0 Å². The van der Waals surface area contributed by atoms with Gasteiger partial charge < -0.3 is 14.2 Å². The molecule has 0 spiro atoms. The lowest BCUT2D eigenvalue weighted by Gasteiger charge is -2.26. The Hall–Kier alpha value is -2.56. The fourth-order valence-corrected chi connectivity index (χ4v) is 4.17. The van der Waals surface area contributed by atoms with Crippen LogP contribution in [0.4, 0.5) is 0 Å². The van der Waals surface area contributed by atoms with E-state index in [9.17, 15) is 13.2 Å². The van der Waals surface area contributed by atoms with Gasteiger partial charge in [-0.25, -0.2) is 8.42 Å². The number of ether oxygens (including phenoxy) is 1. The minimum Gasteiger partial charge on any atom is -0.379 e. The predicted octanol–water partition coefficient (Wildman–Crippen LogP) is 1.32. The summed E-state index contributed by atoms with van der Waals surface area (Å²) < 4.78 is 37.0. The number of amides is 1. The highest BCUT2D eigenvalue weighted by molar-refractivity contribution is 7.89. The van der Waals surface area contributed by atoms with Crippen molar-refractivity contribution in [3.8, 4) is 0 Å². The molecular formula is C19H24N4O5S. The van der Waals surface area contributed by atoms with Gasteiger partial charge in [-0.2, -0.15) is 9.29 Å². The molecule has 2 aromatic rings. The van der Waals surface area contributed by atoms with Crippen LogP contribution in [0.3, 0.4) is 0 Å². The normalized spacial score (nSPS) is 15.7. The van der Waals surface area contributed by atoms with Crippen LogP contribution in [-0.2, 0) is 32.5 Å². The molecule has 1 amide bonds. The zero-order valence-electron chi connectivity index (χ0n) is 16.4. The van der Waals surface area contributed by atoms with Gasteiger partial charge in [0, 0.05) is 32.6 Å². The smallest absolute Gasteiger partial charge is 0.246 e. The second-order valence-electron chi connectivity index (χ2n) is 6.57. The fourth-order valence-electron chi connectivity index (χ4n) is 2.76. The number of benzene rings is 1. The summed E-state index contributed by atoms with van der Waals surface area (Å²) in [6.45, 7) is 3.64. The quantitative estimate of drug-likeness (QED) is 0.622. The highest BCUT2D eigenvalue weighted by Gasteiger charge is 2.25. The van der Waals surface area contributed by atoms with Crippen molar-refractivity contribution in [1.82, 2.24) is 19.3 Å². The maximum Gasteiger partial charge on any atom is 0.246 e. The zero-order valence-corrected chi connectivity index (χ0v) is 17.3. The molecule has 0 aliphatic carbocycles. The molecule has 2 heterocycles. The van der Waals surface area contributed by atoms with E-state index in [0.29, 0.717) is 44.4 Å². The van der Waals surface area contributed by atoms with Gasteiger partial charge in [0.2, 0.25) is 21.8 Å². The van der Waals surface area contributed by atoms with Gasteiger partial charge in [-0.1, -0.05) is 24.2 Å². The van der Waals surface area contributed by atoms with Gasteiger partial charge in [-0.05, 0) is 23.8 Å². The van der Waals surface area contributed by atoms with E-state index in [-0.39, 0.29) is 17.3 Å². The highest BCUT2D eigenvalue weighted by atomic mass is 32.2. The maximum atomic E-state index is 12.6. The number of carbonyl (C=O) groups is 1. The van der Waals surface area contributed by atoms with E-state index < -0.39 is 10.0 Å². The summed E-state index contributed by atoms with van der Waals surface area (Å²) in [5.41, 5.74) is 0.721. The van der Waals surface area contributed by atoms with Gasteiger partial charge in [-0.3, -0.25) is 4.79 Å². The molecule has 0 bridgehead atoms. The van der Waals surface area contributed by atoms with E-state index in [2.05, 4.69) is 10.1 Å². The SMILES string of the molecule is CCc1noc(CN(C)C(=O)/C=C/c2ccc(S(=O)(=O)N3CCOCC3)cc2)n1. The number of aromatic nitrogens is 2. The van der Waals surface area contributed by atoms with Crippen molar-refractivity contribution in [1.29, 1.82) is 0 Å². The van der Waals surface area contributed by atoms with Gasteiger partial charge >= 0.3 is 0 Å². The lowest BCUT2D eigenvalue weighted by atomic mass is 10.2. The number of hydrogen-bond acceptors (Lipinski definition) is 7. The Morgan fingerprint density at radius 3 is 2.55 bits per heavy atom. The standard InChI is InChI=1S/C19H24N4O5S/c1-3-17-20-18(28-21-17)14-22(2)19(24)9-6-15-4-7-16(8-5-15)29(25,26)23-10-12-27-13-11-23/h4-9H,3,10-14H2,1-2H3/b9-6+. The van der Waals surface area contributed by atoms with Crippen molar-refractivity contribution in [3.63, 3.8) is 0 Å². The molecule has 29 heavy (non-hydrogen) atoms. The number of morpholine rings is 1. The molecule has 1 aliphatic heterocycles. The molecule has 156 valence electrons. The minimum absolute atomic E-state index is 0.215. The van der Waals surface area contributed by atoms with Crippen LogP contribution in [0.1, 0.15) is 24.2 Å². The summed E-state index contributed by atoms with van der Waals surface area (Å²) in [6, 6.07) is 6.43. The van der Waals surface area contributed by atoms with Crippen LogP contribution >= 0.6 is 0 Å². The summed E-state index contributed by atoms with van der Waals surface area (Å²) in [5, 5.41) is 3.80. The minimum atomic E-state index is -3.53. The molecule has 0 N–H and O–H groups in total. The number of rotatable bonds is 7. The number of sulfonamides is 1. The molecule has 0 radical (unpaired) electrons. The molecule has 1 aromatic carbocycles. The topological polar surface area (TPSA) is 106 Å². The number of aryl methyl sites for hydroxylation is 1. The van der Waals surface area contributed by atoms with Crippen LogP contribution in [-0.4, -0.2) is 67.0 Å². The molecule has 0 atom stereocenters. The Morgan fingerprint density at radius 2 is 1.93 bits per heavy atom. The third-order valence-corrected chi connectivity index (χ3v) is 6.39. The molecule has 10 heteroatoms. The summed E-state index contributed by atoms with van der Waals surface area (Å²) in [6.07, 6.45) is 3.72. The average Bonchev–Trinajstić information content (AvgIpc) is 3.20. The average molecular weight is 420 g/mol. The van der Waals surface area contributed by atoms with Crippen molar-refractivity contribution in [2.75, 3.05) is 33.4 Å². The monoisotopic (exact) mass is 420 g/mol. The molecule has 9 nitrogen and oxygen atoms in total. The first kappa shape index (κ1) is 21.2. The Labute approximate surface area is 170 Å². The second kappa shape index (κ2) is 9.29. The molecule has 0 saturated carbocycles. The fraction of sp³-hybridized carbons (Fsp3) is 0.421. The van der Waals surface area contributed by atoms with E-state index >= 15 is 0 Å². The zero-order chi connectivity index (χ0) is 20.9. The predicted molar refractivity (Wildman–Crippen MR) is 105 cm³/mol. The third-order valence-electron chi connectivity index (χ3n) is 4.48. The number of hydrogen-bond donors (Lipinski definition) is 0. The first-order chi connectivity index (χ1) is 13.9. The number of carbonyl (C=O) groups excluding carboxylic acids is 1. The van der Waals surface area contributed by atoms with Crippen molar-refractivity contribution >= 4 is 22.0 Å². The molecule has 3 rings (SSSR count). The van der Waals surface area contributed by atoms with E-state index in [4.69, 9.17) is 9.26 Å². The third kappa shape index (κ3) is 5.28. The Morgan fingerprint density at radius 1 is 1.24 bits per heavy atom. The van der Waals surface area contributed by atoms with Crippen LogP contribution in [0.15, 0.2) is 39.8 Å². The Bertz CT molecular complexity index is 963. The van der Waals surface area contributed by atoms with Gasteiger partial charge in [0.1, 0.15) is 0 Å². The van der Waals surface area contributed by atoms with Crippen LogP contribution in [0, 0.1) is 0 Å². The van der Waals surface area contributed by atoms with Gasteiger partial charge in [0.15, 0.2) is 5.82 Å². The Balaban J connectivity index is 1.60. The van der Waals surface area contributed by atoms with E-state index in [1.807, 2.05) is 6.92 Å². The molecule has 1 fully saturated rings. The van der Waals surface area contributed by atoms with Crippen molar-refractivity contribution < 1.29 is 22.5 Å². The molecule has 0 unspecified atom stereocenters. The molecule has 1 aliphatic rings. The van der Waals surface area contributed by atoms with Crippen LogP contribution in [0.25, 0.3) is 6.08 Å². The van der Waals surface area contributed by atoms with Crippen LogP contribution in [0.2, 0.25) is 0 Å². The summed E-state index contributed by atoms with van der Waals surface area (Å²) in [5.74, 6) is 0.749. The van der Waals surface area contributed by atoms with Crippen LogP contribution < -0.4 is 0 Å².